The van der Waals surface area contributed by atoms with Crippen molar-refractivity contribution in [2.75, 3.05) is 14.2 Å². The Morgan fingerprint density at radius 3 is 2.52 bits per heavy atom. The summed E-state index contributed by atoms with van der Waals surface area (Å²) in [5, 5.41) is 3.69. The van der Waals surface area contributed by atoms with Crippen LogP contribution in [0.2, 0.25) is 0 Å². The third kappa shape index (κ3) is 3.82. The fraction of sp³-hybridized carbons (Fsp3) is 0.125. The zero-order valence-corrected chi connectivity index (χ0v) is 11.8. The van der Waals surface area contributed by atoms with Gasteiger partial charge in [0.2, 0.25) is 0 Å². The molecule has 0 aliphatic heterocycles. The molecule has 108 valence electrons. The summed E-state index contributed by atoms with van der Waals surface area (Å²) in [6, 6.07) is 13.8. The number of nitrogens with zero attached hydrogens (tertiary/aromatic N) is 1. The highest BCUT2D eigenvalue weighted by atomic mass is 16.6. The third-order valence-corrected chi connectivity index (χ3v) is 2.73. The second kappa shape index (κ2) is 7.09. The van der Waals surface area contributed by atoms with Crippen molar-refractivity contribution in [1.82, 2.24) is 0 Å². The monoisotopic (exact) mass is 285 g/mol. The van der Waals surface area contributed by atoms with Gasteiger partial charge < -0.3 is 14.3 Å². The van der Waals surface area contributed by atoms with Crippen LogP contribution >= 0.6 is 0 Å². The van der Waals surface area contributed by atoms with Crippen LogP contribution < -0.4 is 9.47 Å². The molecule has 0 unspecified atom stereocenters. The lowest BCUT2D eigenvalue weighted by molar-refractivity contribution is 0.0734. The Balaban J connectivity index is 2.26. The van der Waals surface area contributed by atoms with Gasteiger partial charge in [0.1, 0.15) is 18.6 Å². The third-order valence-electron chi connectivity index (χ3n) is 2.73. The van der Waals surface area contributed by atoms with E-state index in [-0.39, 0.29) is 0 Å². The standard InChI is InChI=1S/C16H15NO4/c1-19-14-8-9-15(13(10-14)11-17-20-2)21-16(18)12-6-4-3-5-7-12/h3-11H,1-2H3/b17-11+. The largest absolute Gasteiger partial charge is 0.497 e. The quantitative estimate of drug-likeness (QED) is 0.367. The summed E-state index contributed by atoms with van der Waals surface area (Å²) < 4.78 is 10.5. The highest BCUT2D eigenvalue weighted by molar-refractivity contribution is 5.93. The predicted octanol–water partition coefficient (Wildman–Crippen LogP) is 2.89. The van der Waals surface area contributed by atoms with E-state index in [9.17, 15) is 4.79 Å². The highest BCUT2D eigenvalue weighted by Crippen LogP contribution is 2.23. The summed E-state index contributed by atoms with van der Waals surface area (Å²) in [7, 11) is 2.99. The summed E-state index contributed by atoms with van der Waals surface area (Å²) in [4.78, 5) is 16.7. The normalized spacial score (nSPS) is 10.4. The molecule has 0 atom stereocenters. The van der Waals surface area contributed by atoms with Crippen molar-refractivity contribution in [2.24, 2.45) is 5.16 Å². The van der Waals surface area contributed by atoms with Crippen LogP contribution in [0.25, 0.3) is 0 Å². The van der Waals surface area contributed by atoms with Gasteiger partial charge in [-0.15, -0.1) is 0 Å². The summed E-state index contributed by atoms with van der Waals surface area (Å²) >= 11 is 0. The van der Waals surface area contributed by atoms with E-state index in [0.717, 1.165) is 0 Å². The second-order valence-corrected chi connectivity index (χ2v) is 4.08. The molecule has 0 aromatic heterocycles. The molecule has 2 rings (SSSR count). The van der Waals surface area contributed by atoms with Crippen LogP contribution in [0, 0.1) is 0 Å². The van der Waals surface area contributed by atoms with Gasteiger partial charge >= 0.3 is 5.97 Å². The van der Waals surface area contributed by atoms with Crippen molar-refractivity contribution < 1.29 is 19.1 Å². The topological polar surface area (TPSA) is 57.1 Å². The molecule has 0 fully saturated rings. The Bertz CT molecular complexity index is 638. The van der Waals surface area contributed by atoms with Gasteiger partial charge in [0.15, 0.2) is 0 Å². The lowest BCUT2D eigenvalue weighted by atomic mass is 10.2. The minimum atomic E-state index is -0.437. The van der Waals surface area contributed by atoms with E-state index in [1.165, 1.54) is 13.3 Å². The van der Waals surface area contributed by atoms with Crippen molar-refractivity contribution in [1.29, 1.82) is 0 Å². The molecule has 2 aromatic carbocycles. The minimum Gasteiger partial charge on any atom is -0.497 e. The zero-order valence-electron chi connectivity index (χ0n) is 11.8. The molecule has 0 saturated carbocycles. The highest BCUT2D eigenvalue weighted by Gasteiger charge is 2.11. The maximum Gasteiger partial charge on any atom is 0.343 e. The molecule has 0 aliphatic rings. The number of rotatable bonds is 5. The molecule has 0 spiro atoms. The van der Waals surface area contributed by atoms with Gasteiger partial charge in [-0.1, -0.05) is 23.4 Å². The fourth-order valence-electron chi connectivity index (χ4n) is 1.69. The van der Waals surface area contributed by atoms with E-state index in [4.69, 9.17) is 9.47 Å². The number of esters is 1. The molecule has 21 heavy (non-hydrogen) atoms. The van der Waals surface area contributed by atoms with E-state index < -0.39 is 5.97 Å². The SMILES string of the molecule is CO/N=C/c1cc(OC)ccc1OC(=O)c1ccccc1. The maximum atomic E-state index is 12.1. The minimum absolute atomic E-state index is 0.380. The lowest BCUT2D eigenvalue weighted by Gasteiger charge is -2.09. The predicted molar refractivity (Wildman–Crippen MR) is 79.0 cm³/mol. The van der Waals surface area contributed by atoms with E-state index in [2.05, 4.69) is 9.99 Å². The van der Waals surface area contributed by atoms with E-state index in [1.807, 2.05) is 6.07 Å². The number of carbonyl (C=O) groups is 1. The molecule has 0 saturated heterocycles. The molecular formula is C16H15NO4. The van der Waals surface area contributed by atoms with Crippen molar-refractivity contribution in [3.05, 3.63) is 59.7 Å². The number of carbonyl (C=O) groups excluding carboxylic acids is 1. The van der Waals surface area contributed by atoms with Gasteiger partial charge in [-0.25, -0.2) is 4.79 Å². The average Bonchev–Trinajstić information content (AvgIpc) is 2.54. The lowest BCUT2D eigenvalue weighted by Crippen LogP contribution is -2.09. The van der Waals surface area contributed by atoms with Gasteiger partial charge in [-0.2, -0.15) is 0 Å². The number of oxime groups is 1. The number of methoxy groups -OCH3 is 1. The Morgan fingerprint density at radius 1 is 1.10 bits per heavy atom. The van der Waals surface area contributed by atoms with Crippen LogP contribution in [-0.4, -0.2) is 26.4 Å². The van der Waals surface area contributed by atoms with Crippen LogP contribution in [-0.2, 0) is 4.84 Å². The number of hydrogen-bond donors (Lipinski definition) is 0. The Hall–Kier alpha value is -2.82. The van der Waals surface area contributed by atoms with Crippen molar-refractivity contribution in [3.63, 3.8) is 0 Å². The summed E-state index contributed by atoms with van der Waals surface area (Å²) in [5.74, 6) is 0.574. The number of ether oxygens (including phenoxy) is 2. The molecule has 5 nitrogen and oxygen atoms in total. The van der Waals surface area contributed by atoms with Gasteiger partial charge in [0.25, 0.3) is 0 Å². The first-order chi connectivity index (χ1) is 10.2. The van der Waals surface area contributed by atoms with E-state index in [0.29, 0.717) is 22.6 Å². The summed E-state index contributed by atoms with van der Waals surface area (Å²) in [6.45, 7) is 0. The molecule has 0 radical (unpaired) electrons. The number of benzene rings is 2. The summed E-state index contributed by atoms with van der Waals surface area (Å²) in [5.41, 5.74) is 1.06. The van der Waals surface area contributed by atoms with E-state index in [1.54, 1.807) is 49.6 Å². The Labute approximate surface area is 122 Å². The summed E-state index contributed by atoms with van der Waals surface area (Å²) in [6.07, 6.45) is 1.45. The maximum absolute atomic E-state index is 12.1. The van der Waals surface area contributed by atoms with Crippen LogP contribution in [0.1, 0.15) is 15.9 Å². The van der Waals surface area contributed by atoms with Gasteiger partial charge in [-0.3, -0.25) is 0 Å². The fourth-order valence-corrected chi connectivity index (χ4v) is 1.69. The van der Waals surface area contributed by atoms with Crippen LogP contribution in [0.4, 0.5) is 0 Å². The first-order valence-corrected chi connectivity index (χ1v) is 6.26. The first kappa shape index (κ1) is 14.6. The average molecular weight is 285 g/mol. The van der Waals surface area contributed by atoms with E-state index >= 15 is 0 Å². The molecule has 0 amide bonds. The first-order valence-electron chi connectivity index (χ1n) is 6.26. The molecule has 0 N–H and O–H groups in total. The molecular weight excluding hydrogens is 270 g/mol. The molecule has 0 aliphatic carbocycles. The van der Waals surface area contributed by atoms with Gasteiger partial charge in [0.05, 0.1) is 18.9 Å². The van der Waals surface area contributed by atoms with Crippen LogP contribution in [0.3, 0.4) is 0 Å². The zero-order chi connectivity index (χ0) is 15.1. The Kier molecular flexibility index (Phi) is 4.93. The molecule has 5 heteroatoms. The van der Waals surface area contributed by atoms with Crippen molar-refractivity contribution in [2.45, 2.75) is 0 Å². The van der Waals surface area contributed by atoms with Crippen molar-refractivity contribution in [3.8, 4) is 11.5 Å². The van der Waals surface area contributed by atoms with Crippen LogP contribution in [0.15, 0.2) is 53.7 Å². The number of hydrogen-bond acceptors (Lipinski definition) is 5. The van der Waals surface area contributed by atoms with Crippen LogP contribution in [0.5, 0.6) is 11.5 Å². The molecule has 0 bridgehead atoms. The molecule has 2 aromatic rings. The van der Waals surface area contributed by atoms with Gasteiger partial charge in [0, 0.05) is 5.56 Å². The Morgan fingerprint density at radius 2 is 1.86 bits per heavy atom. The smallest absolute Gasteiger partial charge is 0.343 e. The molecule has 0 heterocycles. The van der Waals surface area contributed by atoms with Gasteiger partial charge in [-0.05, 0) is 30.3 Å². The van der Waals surface area contributed by atoms with Crippen molar-refractivity contribution >= 4 is 12.2 Å². The second-order valence-electron chi connectivity index (χ2n) is 4.08.